The molecule has 252 valence electrons. The summed E-state index contributed by atoms with van der Waals surface area (Å²) in [6.45, 7) is 5.99. The van der Waals surface area contributed by atoms with Gasteiger partial charge in [-0.15, -0.1) is 0 Å². The van der Waals surface area contributed by atoms with Gasteiger partial charge >= 0.3 is 0 Å². The third-order valence-electron chi connectivity index (χ3n) is 10.5. The lowest BCUT2D eigenvalue weighted by molar-refractivity contribution is -0.390. The molecule has 0 atom stereocenters. The van der Waals surface area contributed by atoms with Gasteiger partial charge in [0, 0.05) is 36.8 Å². The van der Waals surface area contributed by atoms with Crippen LogP contribution in [-0.4, -0.2) is 49.1 Å². The Morgan fingerprint density at radius 2 is 1.54 bits per heavy atom. The molecule has 6 aliphatic rings. The average Bonchev–Trinajstić information content (AvgIpc) is 3.37. The molecule has 11 heteroatoms. The van der Waals surface area contributed by atoms with Gasteiger partial charge in [-0.2, -0.15) is 18.2 Å². The largest absolute Gasteiger partial charge is 0.484 e. The Balaban J connectivity index is 0.000000288. The highest BCUT2D eigenvalue weighted by atomic mass is 32.2. The first-order valence-electron chi connectivity index (χ1n) is 16.6. The Morgan fingerprint density at radius 3 is 2.09 bits per heavy atom. The number of rotatable bonds is 7. The van der Waals surface area contributed by atoms with Crippen molar-refractivity contribution in [2.24, 2.45) is 29.4 Å². The number of carbonyl (C=O) groups excluding carboxylic acids is 1. The SMILES string of the molecule is CC(C)(N)CNC(=O)COc1ccc(C2CCC3(CC2)OOC2(O3)C3CC4CC(C3)CC2C4)cc1.Cc1ccc(S(=O)(=O)O)cc1. The van der Waals surface area contributed by atoms with E-state index in [4.69, 9.17) is 29.5 Å². The Bertz CT molecular complexity index is 1450. The minimum Gasteiger partial charge on any atom is -0.484 e. The number of nitrogens with two attached hydrogens (primary N) is 1. The van der Waals surface area contributed by atoms with Crippen LogP contribution >= 0.6 is 0 Å². The highest BCUT2D eigenvalue weighted by Gasteiger charge is 2.66. The van der Waals surface area contributed by atoms with Crippen LogP contribution in [0.1, 0.15) is 88.7 Å². The predicted octanol–water partition coefficient (Wildman–Crippen LogP) is 5.65. The van der Waals surface area contributed by atoms with Crippen molar-refractivity contribution in [3.8, 4) is 5.75 Å². The molecule has 0 unspecified atom stereocenters. The van der Waals surface area contributed by atoms with Crippen LogP contribution in [0.15, 0.2) is 53.4 Å². The van der Waals surface area contributed by atoms with E-state index in [9.17, 15) is 13.2 Å². The fourth-order valence-electron chi connectivity index (χ4n) is 8.26. The van der Waals surface area contributed by atoms with Crippen molar-refractivity contribution in [3.05, 3.63) is 59.7 Å². The first-order chi connectivity index (χ1) is 21.7. The quantitative estimate of drug-likeness (QED) is 0.254. The number of hydrogen-bond acceptors (Lipinski definition) is 8. The smallest absolute Gasteiger partial charge is 0.294 e. The van der Waals surface area contributed by atoms with Crippen LogP contribution in [0.25, 0.3) is 0 Å². The molecule has 1 aliphatic heterocycles. The molecule has 8 rings (SSSR count). The lowest BCUT2D eigenvalue weighted by Crippen LogP contribution is -2.59. The van der Waals surface area contributed by atoms with Crippen molar-refractivity contribution in [1.29, 1.82) is 0 Å². The number of carbonyl (C=O) groups is 1. The second-order valence-corrected chi connectivity index (χ2v) is 16.3. The van der Waals surface area contributed by atoms with E-state index in [0.29, 0.717) is 30.0 Å². The molecule has 5 aliphatic carbocycles. The Kier molecular flexibility index (Phi) is 9.30. The van der Waals surface area contributed by atoms with Gasteiger partial charge in [0.05, 0.1) is 4.90 Å². The fraction of sp³-hybridized carbons (Fsp3) is 0.629. The lowest BCUT2D eigenvalue weighted by Gasteiger charge is -2.57. The summed E-state index contributed by atoms with van der Waals surface area (Å²) in [6.07, 6.45) is 10.2. The molecule has 1 saturated heterocycles. The maximum absolute atomic E-state index is 12.0. The molecule has 2 aromatic rings. The Hall–Kier alpha value is -2.54. The van der Waals surface area contributed by atoms with Gasteiger partial charge in [-0.25, -0.2) is 0 Å². The fourth-order valence-corrected chi connectivity index (χ4v) is 8.74. The highest BCUT2D eigenvalue weighted by molar-refractivity contribution is 7.85. The summed E-state index contributed by atoms with van der Waals surface area (Å²) in [4.78, 5) is 24.1. The van der Waals surface area contributed by atoms with Crippen LogP contribution in [0, 0.1) is 30.6 Å². The predicted molar refractivity (Wildman–Crippen MR) is 171 cm³/mol. The standard InChI is InChI=1S/C28H40N2O5.C7H8O3S/c1-26(2,29)17-30-25(31)16-32-24-5-3-20(4-6-24)21-7-9-27(10-8-21)33-28(35-34-27)22-12-18-11-19(14-22)15-23(28)13-18;1-6-2-4-7(5-3-6)11(8,9)10/h3-6,18-19,21-23H,7-17,29H2,1-2H3,(H,30,31);2-5H,1H3,(H,8,9,10). The van der Waals surface area contributed by atoms with Crippen LogP contribution in [-0.2, 0) is 29.4 Å². The van der Waals surface area contributed by atoms with Crippen LogP contribution in [0.3, 0.4) is 0 Å². The molecule has 5 saturated carbocycles. The van der Waals surface area contributed by atoms with E-state index < -0.39 is 27.2 Å². The van der Waals surface area contributed by atoms with Gasteiger partial charge in [-0.1, -0.05) is 29.8 Å². The van der Waals surface area contributed by atoms with Crippen LogP contribution in [0.2, 0.25) is 0 Å². The summed E-state index contributed by atoms with van der Waals surface area (Å²) >= 11 is 0. The van der Waals surface area contributed by atoms with E-state index in [1.807, 2.05) is 32.9 Å². The van der Waals surface area contributed by atoms with Crippen molar-refractivity contribution < 1.29 is 37.0 Å². The molecule has 10 nitrogen and oxygen atoms in total. The molecule has 6 fully saturated rings. The zero-order chi connectivity index (χ0) is 32.7. The zero-order valence-corrected chi connectivity index (χ0v) is 27.9. The number of amides is 1. The highest BCUT2D eigenvalue weighted by Crippen LogP contribution is 2.64. The van der Waals surface area contributed by atoms with Gasteiger partial charge in [0.1, 0.15) is 5.75 Å². The van der Waals surface area contributed by atoms with Crippen molar-refractivity contribution in [2.75, 3.05) is 13.2 Å². The normalized spacial score (nSPS) is 33.1. The zero-order valence-electron chi connectivity index (χ0n) is 27.1. The minimum absolute atomic E-state index is 0.0126. The van der Waals surface area contributed by atoms with Gasteiger partial charge < -0.3 is 20.5 Å². The first-order valence-corrected chi connectivity index (χ1v) is 18.1. The molecule has 2 aromatic carbocycles. The Morgan fingerprint density at radius 1 is 0.957 bits per heavy atom. The molecule has 2 spiro atoms. The first kappa shape index (κ1) is 33.4. The summed E-state index contributed by atoms with van der Waals surface area (Å²) in [5, 5.41) is 2.80. The third kappa shape index (κ3) is 7.45. The van der Waals surface area contributed by atoms with E-state index in [1.54, 1.807) is 12.1 Å². The topological polar surface area (TPSA) is 146 Å². The molecule has 1 amide bonds. The van der Waals surface area contributed by atoms with Gasteiger partial charge in [-0.05, 0) is 113 Å². The summed E-state index contributed by atoms with van der Waals surface area (Å²) in [5.74, 6) is 2.71. The van der Waals surface area contributed by atoms with E-state index in [2.05, 4.69) is 17.4 Å². The van der Waals surface area contributed by atoms with Gasteiger partial charge in [0.15, 0.2) is 6.61 Å². The van der Waals surface area contributed by atoms with E-state index in [-0.39, 0.29) is 17.4 Å². The van der Waals surface area contributed by atoms with E-state index >= 15 is 0 Å². The molecule has 0 radical (unpaired) electrons. The van der Waals surface area contributed by atoms with Crippen LogP contribution in [0.5, 0.6) is 5.75 Å². The summed E-state index contributed by atoms with van der Waals surface area (Å²) < 4.78 is 42.0. The van der Waals surface area contributed by atoms with Gasteiger partial charge in [0.2, 0.25) is 11.6 Å². The molecule has 1 heterocycles. The summed E-state index contributed by atoms with van der Waals surface area (Å²) in [6, 6.07) is 14.1. The maximum atomic E-state index is 12.0. The number of benzene rings is 2. The lowest BCUT2D eigenvalue weighted by atomic mass is 9.53. The van der Waals surface area contributed by atoms with Crippen molar-refractivity contribution in [1.82, 2.24) is 5.32 Å². The maximum Gasteiger partial charge on any atom is 0.294 e. The molecular formula is C35H48N2O8S. The number of nitrogens with one attached hydrogen (secondary N) is 1. The third-order valence-corrected chi connectivity index (χ3v) is 11.3. The van der Waals surface area contributed by atoms with Crippen molar-refractivity contribution in [3.63, 3.8) is 0 Å². The number of hydrogen-bond donors (Lipinski definition) is 3. The number of aryl methyl sites for hydroxylation is 1. The monoisotopic (exact) mass is 656 g/mol. The van der Waals surface area contributed by atoms with Crippen molar-refractivity contribution in [2.45, 2.75) is 106 Å². The van der Waals surface area contributed by atoms with Gasteiger partial charge in [0.25, 0.3) is 16.0 Å². The summed E-state index contributed by atoms with van der Waals surface area (Å²) in [7, 11) is -4.02. The van der Waals surface area contributed by atoms with Crippen LogP contribution in [0.4, 0.5) is 0 Å². The number of ether oxygens (including phenoxy) is 2. The second kappa shape index (κ2) is 12.8. The van der Waals surface area contributed by atoms with E-state index in [1.165, 1.54) is 49.8 Å². The Labute approximate surface area is 272 Å². The minimum atomic E-state index is -4.02. The average molecular weight is 657 g/mol. The van der Waals surface area contributed by atoms with Crippen LogP contribution < -0.4 is 15.8 Å². The van der Waals surface area contributed by atoms with Crippen molar-refractivity contribution >= 4 is 16.0 Å². The molecule has 46 heavy (non-hydrogen) atoms. The second-order valence-electron chi connectivity index (χ2n) is 14.9. The van der Waals surface area contributed by atoms with Gasteiger partial charge in [-0.3, -0.25) is 9.35 Å². The summed E-state index contributed by atoms with van der Waals surface area (Å²) in [5.41, 5.74) is 7.72. The molecule has 4 bridgehead atoms. The molecular weight excluding hydrogens is 608 g/mol. The molecule has 0 aromatic heterocycles. The van der Waals surface area contributed by atoms with E-state index in [0.717, 1.165) is 43.1 Å². The molecule has 4 N–H and O–H groups in total.